The largest absolute Gasteiger partial charge is 0.486 e. The second kappa shape index (κ2) is 22.6. The van der Waals surface area contributed by atoms with E-state index in [-0.39, 0.29) is 77.7 Å². The van der Waals surface area contributed by atoms with Gasteiger partial charge in [0.2, 0.25) is 11.8 Å². The summed E-state index contributed by atoms with van der Waals surface area (Å²) in [5, 5.41) is 45.5. The number of amides is 2. The van der Waals surface area contributed by atoms with Gasteiger partial charge in [-0.2, -0.15) is 15.1 Å². The highest BCUT2D eigenvalue weighted by Crippen LogP contribution is 2.50. The zero-order valence-electron chi connectivity index (χ0n) is 43.5. The smallest absolute Gasteiger partial charge is 0.319 e. The number of aromatic amines is 1. The molecule has 0 radical (unpaired) electrons. The number of carbonyl (C=O) groups is 2. The maximum atomic E-state index is 15.7. The molecule has 8 aromatic rings. The Kier molecular flexibility index (Phi) is 15.5. The molecule has 7 atom stereocenters. The number of anilines is 1. The van der Waals surface area contributed by atoms with E-state index in [1.165, 1.54) is 15.6 Å². The normalized spacial score (nSPS) is 19.2. The number of aromatic nitrogens is 7. The highest BCUT2D eigenvalue weighted by Gasteiger charge is 2.44. The quantitative estimate of drug-likeness (QED) is 0.0543. The molecule has 3 fully saturated rings. The number of hydrogen-bond acceptors (Lipinski definition) is 14. The van der Waals surface area contributed by atoms with E-state index in [2.05, 4.69) is 36.0 Å². The van der Waals surface area contributed by atoms with Gasteiger partial charge in [0.25, 0.3) is 0 Å². The first-order valence-corrected chi connectivity index (χ1v) is 27.2. The highest BCUT2D eigenvalue weighted by molar-refractivity contribution is 6.39. The third-order valence-corrected chi connectivity index (χ3v) is 16.1. The van der Waals surface area contributed by atoms with Gasteiger partial charge in [0, 0.05) is 89.4 Å². The number of H-pyrrole nitrogens is 1. The number of likely N-dealkylation sites (tertiary alicyclic amines) is 1. The van der Waals surface area contributed by atoms with Crippen LogP contribution in [0.2, 0.25) is 15.1 Å². The lowest BCUT2D eigenvalue weighted by Crippen LogP contribution is -2.50. The molecular formula is C57H57Cl3FN11O7. The third kappa shape index (κ3) is 10.7. The van der Waals surface area contributed by atoms with Gasteiger partial charge < -0.3 is 44.9 Å². The van der Waals surface area contributed by atoms with Crippen molar-refractivity contribution < 1.29 is 38.4 Å². The fourth-order valence-electron chi connectivity index (χ4n) is 10.9. The Labute approximate surface area is 469 Å². The summed E-state index contributed by atoms with van der Waals surface area (Å²) in [6, 6.07) is 23.2. The molecule has 11 rings (SSSR count). The zero-order valence-corrected chi connectivity index (χ0v) is 45.8. The summed E-state index contributed by atoms with van der Waals surface area (Å²) in [5.41, 5.74) is 5.64. The van der Waals surface area contributed by atoms with Crippen LogP contribution in [0.15, 0.2) is 97.3 Å². The topological polar surface area (TPSA) is 218 Å². The fourth-order valence-corrected chi connectivity index (χ4v) is 11.7. The molecule has 2 bridgehead atoms. The monoisotopic (exact) mass is 1130 g/mol. The van der Waals surface area contributed by atoms with Crippen LogP contribution in [-0.4, -0.2) is 132 Å². The van der Waals surface area contributed by atoms with Crippen LogP contribution >= 0.6 is 34.8 Å². The molecule has 3 aliphatic rings. The van der Waals surface area contributed by atoms with Gasteiger partial charge in [-0.1, -0.05) is 121 Å². The number of β-amino-alcohol motifs (C(OH)–C–C–N with tert-alkyl or cyclic N) is 1. The number of ether oxygens (including phenoxy) is 3. The maximum Gasteiger partial charge on any atom is 0.319 e. The Morgan fingerprint density at radius 1 is 0.911 bits per heavy atom. The predicted molar refractivity (Wildman–Crippen MR) is 299 cm³/mol. The summed E-state index contributed by atoms with van der Waals surface area (Å²) >= 11 is 20.6. The number of nitrogens with one attached hydrogen (secondary N) is 3. The van der Waals surface area contributed by atoms with E-state index in [1.807, 2.05) is 93.6 Å². The van der Waals surface area contributed by atoms with Crippen LogP contribution in [0.1, 0.15) is 56.8 Å². The van der Waals surface area contributed by atoms with Crippen LogP contribution in [0.5, 0.6) is 11.8 Å². The minimum absolute atomic E-state index is 0.000709. The van der Waals surface area contributed by atoms with Gasteiger partial charge in [-0.05, 0) is 48.1 Å². The van der Waals surface area contributed by atoms with Gasteiger partial charge in [-0.15, -0.1) is 5.10 Å². The van der Waals surface area contributed by atoms with Crippen LogP contribution in [0.3, 0.4) is 0 Å². The fraction of sp³-hybridized carbons (Fsp3) is 0.351. The Hall–Kier alpha value is -6.97. The van der Waals surface area contributed by atoms with Crippen molar-refractivity contribution in [1.29, 1.82) is 0 Å². The van der Waals surface area contributed by atoms with Crippen LogP contribution < -0.4 is 25.0 Å². The number of halogens is 4. The molecule has 2 amide bonds. The molecule has 3 aliphatic heterocycles. The second-order valence-corrected chi connectivity index (χ2v) is 21.9. The van der Waals surface area contributed by atoms with E-state index in [0.29, 0.717) is 61.6 Å². The Morgan fingerprint density at radius 3 is 2.39 bits per heavy atom. The van der Waals surface area contributed by atoms with Gasteiger partial charge >= 0.3 is 6.01 Å². The molecular weight excluding hydrogens is 1080 g/mol. The Morgan fingerprint density at radius 2 is 1.68 bits per heavy atom. The van der Waals surface area contributed by atoms with Crippen molar-refractivity contribution in [3.05, 3.63) is 129 Å². The van der Waals surface area contributed by atoms with Gasteiger partial charge in [0.05, 0.1) is 52.8 Å². The van der Waals surface area contributed by atoms with Crippen molar-refractivity contribution in [3.63, 3.8) is 0 Å². The minimum atomic E-state index is -1.01. The second-order valence-electron chi connectivity index (χ2n) is 20.7. The molecule has 79 heavy (non-hydrogen) atoms. The van der Waals surface area contributed by atoms with Crippen LogP contribution in [-0.2, 0) is 20.9 Å². The summed E-state index contributed by atoms with van der Waals surface area (Å²) in [5.74, 6) is -1.05. The minimum Gasteiger partial charge on any atom is -0.486 e. The molecule has 0 saturated carbocycles. The number of methoxy groups -OCH3 is 1. The number of fused-ring (bicyclic) bond motifs is 4. The zero-order chi connectivity index (χ0) is 55.2. The average Bonchev–Trinajstić information content (AvgIpc) is 4.47. The van der Waals surface area contributed by atoms with E-state index < -0.39 is 48.5 Å². The van der Waals surface area contributed by atoms with Gasteiger partial charge in [-0.25, -0.2) is 9.07 Å². The van der Waals surface area contributed by atoms with E-state index in [4.69, 9.17) is 59.0 Å². The highest BCUT2D eigenvalue weighted by atomic mass is 35.5. The first kappa shape index (κ1) is 54.0. The summed E-state index contributed by atoms with van der Waals surface area (Å²) in [6.45, 7) is 6.82. The SMILES string of the molecule is CO[C@@H](C)COc1nc(N2C[C@@H]3C[C@H]2CN3)c2cc(Cl)c(-c3c(Cl)c(F)cc4[nH]ncc34)c(OCc3ccc(-c4cn([C@H](C(=O)N5C[C@H](O)C[C@H]5C(=O)N[C@@H](CO)c5ccc(-c6ccccc6Cl)cc5)C(C)C)nn4)cc3)c2n1. The molecule has 0 unspecified atom stereocenters. The number of benzene rings is 5. The van der Waals surface area contributed by atoms with Crippen molar-refractivity contribution >= 4 is 74.2 Å². The molecule has 0 spiro atoms. The number of aliphatic hydroxyl groups is 2. The van der Waals surface area contributed by atoms with Crippen molar-refractivity contribution in [2.75, 3.05) is 44.9 Å². The van der Waals surface area contributed by atoms with Crippen LogP contribution in [0.25, 0.3) is 55.3 Å². The Bertz CT molecular complexity index is 3570. The van der Waals surface area contributed by atoms with Crippen molar-refractivity contribution in [3.8, 4) is 45.3 Å². The molecule has 5 aromatic carbocycles. The van der Waals surface area contributed by atoms with Gasteiger partial charge in [-0.3, -0.25) is 14.7 Å². The van der Waals surface area contributed by atoms with Gasteiger partial charge in [0.1, 0.15) is 48.1 Å². The van der Waals surface area contributed by atoms with Crippen molar-refractivity contribution in [2.24, 2.45) is 5.92 Å². The first-order chi connectivity index (χ1) is 38.2. The van der Waals surface area contributed by atoms with E-state index in [9.17, 15) is 19.8 Å². The number of carbonyl (C=O) groups excluding carboxylic acids is 2. The predicted octanol–water partition coefficient (Wildman–Crippen LogP) is 8.75. The third-order valence-electron chi connectivity index (χ3n) is 15.1. The number of aliphatic hydroxyl groups excluding tert-OH is 2. The van der Waals surface area contributed by atoms with Crippen LogP contribution in [0, 0.1) is 11.7 Å². The number of nitrogens with zero attached hydrogens (tertiary/aromatic N) is 8. The lowest BCUT2D eigenvalue weighted by Gasteiger charge is -2.30. The number of rotatable bonds is 18. The summed E-state index contributed by atoms with van der Waals surface area (Å²) in [4.78, 5) is 42.1. The molecule has 22 heteroatoms. The summed E-state index contributed by atoms with van der Waals surface area (Å²) in [7, 11) is 1.60. The Balaban J connectivity index is 0.852. The van der Waals surface area contributed by atoms with Crippen LogP contribution in [0.4, 0.5) is 10.2 Å². The molecule has 6 heterocycles. The van der Waals surface area contributed by atoms with E-state index >= 15 is 4.39 Å². The number of hydrogen-bond donors (Lipinski definition) is 5. The lowest BCUT2D eigenvalue weighted by molar-refractivity contribution is -0.142. The van der Waals surface area contributed by atoms with E-state index in [0.717, 1.165) is 29.7 Å². The molecule has 18 nitrogen and oxygen atoms in total. The molecule has 5 N–H and O–H groups in total. The lowest BCUT2D eigenvalue weighted by atomic mass is 9.98. The molecule has 0 aliphatic carbocycles. The van der Waals surface area contributed by atoms with E-state index in [1.54, 1.807) is 25.6 Å². The summed E-state index contributed by atoms with van der Waals surface area (Å²) < 4.78 is 35.7. The first-order valence-electron chi connectivity index (χ1n) is 26.1. The average molecular weight is 1130 g/mol. The van der Waals surface area contributed by atoms with Gasteiger partial charge in [0.15, 0.2) is 5.75 Å². The standard InChI is InChI=1S/C57H57Cl3FN11O7/c1-29(2)52(56(76)71-24-37(74)18-47(71)55(75)64-46(26-73)34-15-13-32(14-16-34)38-7-5-6-8-41(38)58)72-25-45(68-69-72)33-11-9-31(10-12-33)28-78-53-49(48-40-22-63-67-44(40)20-43(61)50(48)60)42(59)19-39-51(53)65-57(79-27-30(3)77-4)66-54(39)70-23-35-17-36(70)21-62-35/h5-16,19-20,22,25,29-30,35-37,46-47,52,62,73-74H,17-18,21,23-24,26-28H2,1-4H3,(H,63,67)(H,64,75)/t30-,35-,36-,37+,46-,47-,52-/m0/s1. The molecule has 3 aromatic heterocycles. The van der Waals surface area contributed by atoms with Crippen molar-refractivity contribution in [1.82, 2.24) is 50.7 Å². The summed E-state index contributed by atoms with van der Waals surface area (Å²) in [6.07, 6.45) is 2.99. The number of piperazine rings is 1. The maximum absolute atomic E-state index is 15.7. The van der Waals surface area contributed by atoms with Crippen molar-refractivity contribution in [2.45, 2.75) is 82.6 Å². The molecule has 3 saturated heterocycles. The molecule has 410 valence electrons.